The summed E-state index contributed by atoms with van der Waals surface area (Å²) in [7, 11) is 3.97. The molecular formula is C20H23FN2O. The average molecular weight is 326 g/mol. The SMILES string of the molecule is CN(C)CCC(NC(=O)/C=C/c1ccccc1)c1ccc(F)cc1. The maximum atomic E-state index is 13.1. The quantitative estimate of drug-likeness (QED) is 0.788. The van der Waals surface area contributed by atoms with Crippen molar-refractivity contribution in [2.24, 2.45) is 0 Å². The highest BCUT2D eigenvalue weighted by molar-refractivity contribution is 5.91. The van der Waals surface area contributed by atoms with E-state index < -0.39 is 0 Å². The molecule has 0 spiro atoms. The molecule has 4 heteroatoms. The predicted molar refractivity (Wildman–Crippen MR) is 95.9 cm³/mol. The van der Waals surface area contributed by atoms with Gasteiger partial charge in [0.05, 0.1) is 6.04 Å². The third-order valence-corrected chi connectivity index (χ3v) is 3.68. The highest BCUT2D eigenvalue weighted by atomic mass is 19.1. The van der Waals surface area contributed by atoms with Crippen molar-refractivity contribution >= 4 is 12.0 Å². The van der Waals surface area contributed by atoms with E-state index >= 15 is 0 Å². The van der Waals surface area contributed by atoms with Gasteiger partial charge in [0.15, 0.2) is 0 Å². The van der Waals surface area contributed by atoms with E-state index in [2.05, 4.69) is 10.2 Å². The van der Waals surface area contributed by atoms with Crippen LogP contribution in [0.2, 0.25) is 0 Å². The van der Waals surface area contributed by atoms with E-state index in [1.807, 2.05) is 44.4 Å². The van der Waals surface area contributed by atoms with Gasteiger partial charge >= 0.3 is 0 Å². The summed E-state index contributed by atoms with van der Waals surface area (Å²) in [6, 6.07) is 15.8. The Labute approximate surface area is 142 Å². The van der Waals surface area contributed by atoms with E-state index in [0.717, 1.165) is 24.1 Å². The molecule has 126 valence electrons. The molecule has 0 saturated carbocycles. The second-order valence-electron chi connectivity index (χ2n) is 5.95. The molecule has 0 radical (unpaired) electrons. The van der Waals surface area contributed by atoms with Crippen molar-refractivity contribution in [1.82, 2.24) is 10.2 Å². The van der Waals surface area contributed by atoms with Gasteiger partial charge in [0.25, 0.3) is 0 Å². The van der Waals surface area contributed by atoms with Gasteiger partial charge in [-0.15, -0.1) is 0 Å². The Kier molecular flexibility index (Phi) is 6.70. The minimum atomic E-state index is -0.277. The molecule has 0 heterocycles. The summed E-state index contributed by atoms with van der Waals surface area (Å²) in [5, 5.41) is 3.00. The van der Waals surface area contributed by atoms with E-state index in [9.17, 15) is 9.18 Å². The third kappa shape index (κ3) is 5.97. The highest BCUT2D eigenvalue weighted by Crippen LogP contribution is 2.18. The second kappa shape index (κ2) is 8.99. The second-order valence-corrected chi connectivity index (χ2v) is 5.95. The zero-order valence-corrected chi connectivity index (χ0v) is 14.1. The fourth-order valence-electron chi connectivity index (χ4n) is 2.36. The van der Waals surface area contributed by atoms with Crippen LogP contribution in [0.5, 0.6) is 0 Å². The van der Waals surface area contributed by atoms with Crippen LogP contribution >= 0.6 is 0 Å². The first kappa shape index (κ1) is 17.9. The number of rotatable bonds is 7. The van der Waals surface area contributed by atoms with Gasteiger partial charge in [-0.05, 0) is 56.4 Å². The third-order valence-electron chi connectivity index (χ3n) is 3.68. The Balaban J connectivity index is 2.05. The number of hydrogen-bond acceptors (Lipinski definition) is 2. The van der Waals surface area contributed by atoms with Crippen LogP contribution in [0.3, 0.4) is 0 Å². The number of halogens is 1. The molecule has 3 nitrogen and oxygen atoms in total. The maximum absolute atomic E-state index is 13.1. The largest absolute Gasteiger partial charge is 0.346 e. The first-order chi connectivity index (χ1) is 11.5. The first-order valence-electron chi connectivity index (χ1n) is 7.98. The lowest BCUT2D eigenvalue weighted by molar-refractivity contribution is -0.117. The van der Waals surface area contributed by atoms with E-state index in [1.54, 1.807) is 18.2 Å². The summed E-state index contributed by atoms with van der Waals surface area (Å²) in [5.41, 5.74) is 1.87. The number of nitrogens with zero attached hydrogens (tertiary/aromatic N) is 1. The van der Waals surface area contributed by atoms with Gasteiger partial charge in [-0.2, -0.15) is 0 Å². The molecule has 0 aliphatic rings. The van der Waals surface area contributed by atoms with Gasteiger partial charge in [-0.1, -0.05) is 42.5 Å². The summed E-state index contributed by atoms with van der Waals surface area (Å²) >= 11 is 0. The molecule has 1 N–H and O–H groups in total. The number of amides is 1. The molecule has 0 fully saturated rings. The Morgan fingerprint density at radius 2 is 1.79 bits per heavy atom. The molecule has 1 atom stereocenters. The molecule has 0 aliphatic carbocycles. The van der Waals surface area contributed by atoms with Crippen LogP contribution in [-0.4, -0.2) is 31.4 Å². The van der Waals surface area contributed by atoms with Crippen LogP contribution in [0.15, 0.2) is 60.7 Å². The minimum Gasteiger partial charge on any atom is -0.346 e. The summed E-state index contributed by atoms with van der Waals surface area (Å²) in [6.45, 7) is 0.824. The van der Waals surface area contributed by atoms with Crippen LogP contribution in [0, 0.1) is 5.82 Å². The molecule has 1 unspecified atom stereocenters. The summed E-state index contributed by atoms with van der Waals surface area (Å²) < 4.78 is 13.1. The molecule has 2 aromatic rings. The molecule has 0 aliphatic heterocycles. The zero-order chi connectivity index (χ0) is 17.4. The minimum absolute atomic E-state index is 0.152. The van der Waals surface area contributed by atoms with Gasteiger partial charge in [0, 0.05) is 6.08 Å². The molecular weight excluding hydrogens is 303 g/mol. The Morgan fingerprint density at radius 3 is 2.42 bits per heavy atom. The predicted octanol–water partition coefficient (Wildman–Crippen LogP) is 3.65. The van der Waals surface area contributed by atoms with E-state index in [0.29, 0.717) is 0 Å². The standard InChI is InChI=1S/C20H23FN2O/c1-23(2)15-14-19(17-9-11-18(21)12-10-17)22-20(24)13-8-16-6-4-3-5-7-16/h3-13,19H,14-15H2,1-2H3,(H,22,24)/b13-8+. The van der Waals surface area contributed by atoms with E-state index in [-0.39, 0.29) is 17.8 Å². The van der Waals surface area contributed by atoms with Crippen molar-refractivity contribution < 1.29 is 9.18 Å². The smallest absolute Gasteiger partial charge is 0.244 e. The Bertz CT molecular complexity index is 666. The average Bonchev–Trinajstić information content (AvgIpc) is 2.58. The molecule has 0 aromatic heterocycles. The Morgan fingerprint density at radius 1 is 1.12 bits per heavy atom. The van der Waals surface area contributed by atoms with Crippen LogP contribution in [0.1, 0.15) is 23.6 Å². The molecule has 1 amide bonds. The van der Waals surface area contributed by atoms with Crippen molar-refractivity contribution in [3.8, 4) is 0 Å². The number of benzene rings is 2. The van der Waals surface area contributed by atoms with Gasteiger partial charge < -0.3 is 10.2 Å². The van der Waals surface area contributed by atoms with Crippen molar-refractivity contribution in [2.75, 3.05) is 20.6 Å². The summed E-state index contributed by atoms with van der Waals surface area (Å²) in [5.74, 6) is -0.438. The topological polar surface area (TPSA) is 32.3 Å². The van der Waals surface area contributed by atoms with Crippen LogP contribution in [0.4, 0.5) is 4.39 Å². The molecule has 24 heavy (non-hydrogen) atoms. The highest BCUT2D eigenvalue weighted by Gasteiger charge is 2.13. The summed E-state index contributed by atoms with van der Waals surface area (Å²) in [6.07, 6.45) is 4.06. The monoisotopic (exact) mass is 326 g/mol. The van der Waals surface area contributed by atoms with Gasteiger partial charge in [0.1, 0.15) is 5.82 Å². The fourth-order valence-corrected chi connectivity index (χ4v) is 2.36. The Hall–Kier alpha value is -2.46. The van der Waals surface area contributed by atoms with Crippen LogP contribution < -0.4 is 5.32 Å². The zero-order valence-electron chi connectivity index (χ0n) is 14.1. The van der Waals surface area contributed by atoms with Crippen molar-refractivity contribution in [2.45, 2.75) is 12.5 Å². The molecule has 0 bridgehead atoms. The number of nitrogens with one attached hydrogen (secondary N) is 1. The lowest BCUT2D eigenvalue weighted by Crippen LogP contribution is -2.29. The van der Waals surface area contributed by atoms with Gasteiger partial charge in [-0.3, -0.25) is 4.79 Å². The van der Waals surface area contributed by atoms with Crippen molar-refractivity contribution in [1.29, 1.82) is 0 Å². The van der Waals surface area contributed by atoms with Crippen LogP contribution in [-0.2, 0) is 4.79 Å². The maximum Gasteiger partial charge on any atom is 0.244 e. The van der Waals surface area contributed by atoms with E-state index in [4.69, 9.17) is 0 Å². The van der Waals surface area contributed by atoms with Crippen molar-refractivity contribution in [3.63, 3.8) is 0 Å². The molecule has 2 rings (SSSR count). The fraction of sp³-hybridized carbons (Fsp3) is 0.250. The summed E-state index contributed by atoms with van der Waals surface area (Å²) in [4.78, 5) is 14.3. The van der Waals surface area contributed by atoms with Gasteiger partial charge in [0.2, 0.25) is 5.91 Å². The lowest BCUT2D eigenvalue weighted by atomic mass is 10.0. The molecule has 0 saturated heterocycles. The van der Waals surface area contributed by atoms with Gasteiger partial charge in [-0.25, -0.2) is 4.39 Å². The number of hydrogen-bond donors (Lipinski definition) is 1. The van der Waals surface area contributed by atoms with Crippen molar-refractivity contribution in [3.05, 3.63) is 77.6 Å². The number of carbonyl (C=O) groups excluding carboxylic acids is 1. The normalized spacial score (nSPS) is 12.5. The van der Waals surface area contributed by atoms with Crippen LogP contribution in [0.25, 0.3) is 6.08 Å². The lowest BCUT2D eigenvalue weighted by Gasteiger charge is -2.20. The number of carbonyl (C=O) groups is 1. The molecule has 2 aromatic carbocycles. The van der Waals surface area contributed by atoms with E-state index in [1.165, 1.54) is 18.2 Å². The first-order valence-corrected chi connectivity index (χ1v) is 7.98.